The highest BCUT2D eigenvalue weighted by Gasteiger charge is 2.13. The summed E-state index contributed by atoms with van der Waals surface area (Å²) in [5.41, 5.74) is 0.712. The fraction of sp³-hybridized carbons (Fsp3) is 0.0833. The van der Waals surface area contributed by atoms with Crippen molar-refractivity contribution in [2.75, 3.05) is 0 Å². The molecule has 0 aliphatic carbocycles. The number of para-hydroxylation sites is 1. The van der Waals surface area contributed by atoms with E-state index >= 15 is 0 Å². The highest BCUT2D eigenvalue weighted by molar-refractivity contribution is 7.98. The molecule has 0 spiro atoms. The molecule has 7 heteroatoms. The Morgan fingerprint density at radius 2 is 2.16 bits per heavy atom. The number of hydrogen-bond acceptors (Lipinski definition) is 5. The van der Waals surface area contributed by atoms with Gasteiger partial charge in [0.1, 0.15) is 4.88 Å². The summed E-state index contributed by atoms with van der Waals surface area (Å²) in [4.78, 5) is 22.3. The molecule has 0 bridgehead atoms. The molecule has 0 aliphatic heterocycles. The Labute approximate surface area is 117 Å². The normalized spacial score (nSPS) is 10.3. The van der Waals surface area contributed by atoms with Gasteiger partial charge in [-0.15, -0.1) is 23.1 Å². The summed E-state index contributed by atoms with van der Waals surface area (Å²) >= 11 is 2.54. The Kier molecular flexibility index (Phi) is 4.18. The molecule has 0 unspecified atom stereocenters. The summed E-state index contributed by atoms with van der Waals surface area (Å²) < 4.78 is 0. The van der Waals surface area contributed by atoms with Crippen LogP contribution in [0.25, 0.3) is 0 Å². The van der Waals surface area contributed by atoms with Crippen LogP contribution in [-0.2, 0) is 5.75 Å². The molecule has 19 heavy (non-hydrogen) atoms. The van der Waals surface area contributed by atoms with E-state index in [0.717, 1.165) is 16.2 Å². The van der Waals surface area contributed by atoms with Gasteiger partial charge in [-0.3, -0.25) is 10.1 Å². The maximum absolute atomic E-state index is 10.8. The highest BCUT2D eigenvalue weighted by atomic mass is 32.2. The number of thioether (sulfide) groups is 1. The first-order valence-corrected chi connectivity index (χ1v) is 7.11. The number of nitrogens with zero attached hydrogens (tertiary/aromatic N) is 1. The van der Waals surface area contributed by atoms with Crippen LogP contribution in [0.3, 0.4) is 0 Å². The van der Waals surface area contributed by atoms with E-state index in [1.54, 1.807) is 29.6 Å². The van der Waals surface area contributed by atoms with Crippen LogP contribution < -0.4 is 0 Å². The van der Waals surface area contributed by atoms with Crippen LogP contribution in [0.5, 0.6) is 0 Å². The summed E-state index contributed by atoms with van der Waals surface area (Å²) in [5.74, 6) is -0.519. The van der Waals surface area contributed by atoms with E-state index in [-0.39, 0.29) is 10.6 Å². The monoisotopic (exact) mass is 295 g/mol. The molecular weight excluding hydrogens is 286 g/mol. The van der Waals surface area contributed by atoms with E-state index in [1.807, 2.05) is 0 Å². The highest BCUT2D eigenvalue weighted by Crippen LogP contribution is 2.30. The fourth-order valence-electron chi connectivity index (χ4n) is 1.48. The number of carbonyl (C=O) groups is 1. The van der Waals surface area contributed by atoms with Gasteiger partial charge in [0, 0.05) is 27.7 Å². The molecule has 2 aromatic rings. The topological polar surface area (TPSA) is 80.4 Å². The molecule has 0 radical (unpaired) electrons. The molecule has 1 aromatic carbocycles. The molecule has 1 aromatic heterocycles. The Morgan fingerprint density at radius 3 is 2.79 bits per heavy atom. The van der Waals surface area contributed by atoms with Crippen molar-refractivity contribution in [3.8, 4) is 0 Å². The maximum atomic E-state index is 10.8. The van der Waals surface area contributed by atoms with Gasteiger partial charge in [-0.05, 0) is 6.07 Å². The third-order valence-corrected chi connectivity index (χ3v) is 4.46. The minimum atomic E-state index is -0.956. The third-order valence-electron chi connectivity index (χ3n) is 2.37. The van der Waals surface area contributed by atoms with Crippen molar-refractivity contribution in [2.45, 2.75) is 10.6 Å². The standard InChI is InChI=1S/C12H9NO4S2/c14-12(15)11-5-9(7-19-11)18-6-8-3-1-2-4-10(8)13(16)17/h1-5,7H,6H2,(H,14,15). The quantitative estimate of drug-likeness (QED) is 0.517. The van der Waals surface area contributed by atoms with Crippen molar-refractivity contribution in [1.82, 2.24) is 0 Å². The lowest BCUT2D eigenvalue weighted by molar-refractivity contribution is -0.385. The zero-order valence-corrected chi connectivity index (χ0v) is 11.2. The molecule has 0 fully saturated rings. The number of carboxylic acids is 1. The Balaban J connectivity index is 2.10. The van der Waals surface area contributed by atoms with E-state index in [0.29, 0.717) is 11.3 Å². The van der Waals surface area contributed by atoms with Gasteiger partial charge in [-0.25, -0.2) is 4.79 Å². The van der Waals surface area contributed by atoms with E-state index in [4.69, 9.17) is 5.11 Å². The molecule has 1 N–H and O–H groups in total. The molecule has 5 nitrogen and oxygen atoms in total. The zero-order valence-electron chi connectivity index (χ0n) is 9.61. The average Bonchev–Trinajstić information content (AvgIpc) is 2.85. The molecule has 0 aliphatic rings. The van der Waals surface area contributed by atoms with Crippen LogP contribution in [-0.4, -0.2) is 16.0 Å². The number of thiophene rings is 1. The van der Waals surface area contributed by atoms with Gasteiger partial charge in [0.05, 0.1) is 4.92 Å². The number of nitro benzene ring substituents is 1. The predicted octanol–water partition coefficient (Wildman–Crippen LogP) is 3.65. The number of nitro groups is 1. The second-order valence-corrected chi connectivity index (χ2v) is 5.59. The van der Waals surface area contributed by atoms with E-state index in [2.05, 4.69) is 0 Å². The van der Waals surface area contributed by atoms with Crippen molar-refractivity contribution in [2.24, 2.45) is 0 Å². The molecule has 98 valence electrons. The lowest BCUT2D eigenvalue weighted by Crippen LogP contribution is -1.93. The van der Waals surface area contributed by atoms with Crippen LogP contribution >= 0.6 is 23.1 Å². The smallest absolute Gasteiger partial charge is 0.345 e. The molecule has 1 heterocycles. The van der Waals surface area contributed by atoms with Gasteiger partial charge in [-0.1, -0.05) is 18.2 Å². The van der Waals surface area contributed by atoms with Crippen LogP contribution in [0, 0.1) is 10.1 Å². The first kappa shape index (κ1) is 13.6. The Morgan fingerprint density at radius 1 is 1.42 bits per heavy atom. The predicted molar refractivity (Wildman–Crippen MR) is 73.9 cm³/mol. The molecule has 2 rings (SSSR count). The van der Waals surface area contributed by atoms with Crippen LogP contribution in [0.1, 0.15) is 15.2 Å². The van der Waals surface area contributed by atoms with Gasteiger partial charge >= 0.3 is 5.97 Å². The lowest BCUT2D eigenvalue weighted by atomic mass is 10.2. The SMILES string of the molecule is O=C(O)c1cc(SCc2ccccc2[N+](=O)[O-])cs1. The fourth-order valence-corrected chi connectivity index (χ4v) is 3.34. The van der Waals surface area contributed by atoms with Crippen molar-refractivity contribution < 1.29 is 14.8 Å². The third kappa shape index (κ3) is 3.33. The molecule has 0 atom stereocenters. The van der Waals surface area contributed by atoms with Gasteiger partial charge in [0.15, 0.2) is 0 Å². The first-order chi connectivity index (χ1) is 9.08. The first-order valence-electron chi connectivity index (χ1n) is 5.25. The Bertz CT molecular complexity index is 624. The number of hydrogen-bond donors (Lipinski definition) is 1. The van der Waals surface area contributed by atoms with Gasteiger partial charge in [0.2, 0.25) is 0 Å². The van der Waals surface area contributed by atoms with Gasteiger partial charge < -0.3 is 5.11 Å². The molecule has 0 saturated carbocycles. The maximum Gasteiger partial charge on any atom is 0.345 e. The van der Waals surface area contributed by atoms with Gasteiger partial charge in [0.25, 0.3) is 5.69 Å². The van der Waals surface area contributed by atoms with Crippen LogP contribution in [0.15, 0.2) is 40.6 Å². The Hall–Kier alpha value is -1.86. The van der Waals surface area contributed by atoms with Crippen molar-refractivity contribution in [3.63, 3.8) is 0 Å². The largest absolute Gasteiger partial charge is 0.477 e. The van der Waals surface area contributed by atoms with Crippen molar-refractivity contribution >= 4 is 34.8 Å². The van der Waals surface area contributed by atoms with Crippen LogP contribution in [0.2, 0.25) is 0 Å². The summed E-state index contributed by atoms with van der Waals surface area (Å²) in [5, 5.41) is 21.4. The molecular formula is C12H9NO4S2. The minimum absolute atomic E-state index is 0.0867. The summed E-state index contributed by atoms with van der Waals surface area (Å²) in [6.07, 6.45) is 0. The number of rotatable bonds is 5. The minimum Gasteiger partial charge on any atom is -0.477 e. The molecule has 0 saturated heterocycles. The number of carboxylic acid groups (broad SMARTS) is 1. The summed E-state index contributed by atoms with van der Waals surface area (Å²) in [6.45, 7) is 0. The number of benzene rings is 1. The van der Waals surface area contributed by atoms with E-state index < -0.39 is 10.9 Å². The lowest BCUT2D eigenvalue weighted by Gasteiger charge is -2.01. The van der Waals surface area contributed by atoms with Crippen molar-refractivity contribution in [3.05, 3.63) is 56.3 Å². The second kappa shape index (κ2) is 5.85. The average molecular weight is 295 g/mol. The number of aromatic carboxylic acids is 1. The molecule has 0 amide bonds. The summed E-state index contributed by atoms with van der Waals surface area (Å²) in [6, 6.07) is 8.12. The zero-order chi connectivity index (χ0) is 13.8. The second-order valence-electron chi connectivity index (χ2n) is 3.63. The summed E-state index contributed by atoms with van der Waals surface area (Å²) in [7, 11) is 0. The van der Waals surface area contributed by atoms with E-state index in [1.165, 1.54) is 17.8 Å². The van der Waals surface area contributed by atoms with E-state index in [9.17, 15) is 14.9 Å². The van der Waals surface area contributed by atoms with Crippen LogP contribution in [0.4, 0.5) is 5.69 Å². The van der Waals surface area contributed by atoms with Crippen molar-refractivity contribution in [1.29, 1.82) is 0 Å². The van der Waals surface area contributed by atoms with Gasteiger partial charge in [-0.2, -0.15) is 0 Å².